The number of nitrogen functional groups attached to an aromatic ring is 2. The lowest BCUT2D eigenvalue weighted by molar-refractivity contribution is 0.0198. The van der Waals surface area contributed by atoms with Crippen LogP contribution in [-0.2, 0) is 4.74 Å². The van der Waals surface area contributed by atoms with Gasteiger partial charge in [0.05, 0.1) is 0 Å². The minimum atomic E-state index is -0.439. The van der Waals surface area contributed by atoms with Gasteiger partial charge < -0.3 is 26.4 Å². The molecule has 2 aliphatic heterocycles. The number of nitrogens with two attached hydrogens (primary N) is 2. The summed E-state index contributed by atoms with van der Waals surface area (Å²) in [6, 6.07) is 16.2. The van der Waals surface area contributed by atoms with Gasteiger partial charge in [0.15, 0.2) is 0 Å². The maximum absolute atomic E-state index is 12.1. The number of carbonyl (C=O) groups excluding carboxylic acids is 1. The summed E-state index contributed by atoms with van der Waals surface area (Å²) in [4.78, 5) is 13.9. The number of anilines is 2. The van der Waals surface area contributed by atoms with Crippen molar-refractivity contribution in [3.63, 3.8) is 0 Å². The molecule has 5 N–H and O–H groups in total. The van der Waals surface area contributed by atoms with Crippen molar-refractivity contribution in [2.75, 3.05) is 37.6 Å². The van der Waals surface area contributed by atoms with Crippen LogP contribution in [0.1, 0.15) is 69.4 Å². The summed E-state index contributed by atoms with van der Waals surface area (Å²) in [5, 5.41) is 3.42. The highest BCUT2D eigenvalue weighted by Crippen LogP contribution is 2.28. The van der Waals surface area contributed by atoms with Crippen molar-refractivity contribution >= 4 is 17.5 Å². The van der Waals surface area contributed by atoms with Crippen molar-refractivity contribution in [2.24, 2.45) is 0 Å². The van der Waals surface area contributed by atoms with Gasteiger partial charge in [-0.3, -0.25) is 0 Å². The first-order chi connectivity index (χ1) is 15.7. The molecule has 2 aromatic rings. The van der Waals surface area contributed by atoms with Crippen molar-refractivity contribution in [1.29, 1.82) is 0 Å². The Kier molecular flexibility index (Phi) is 8.61. The molecule has 2 fully saturated rings. The molecule has 6 nitrogen and oxygen atoms in total. The second kappa shape index (κ2) is 11.4. The molecular formula is C27H40N4O2. The fourth-order valence-electron chi connectivity index (χ4n) is 4.41. The summed E-state index contributed by atoms with van der Waals surface area (Å²) in [6.45, 7) is 9.47. The van der Waals surface area contributed by atoms with E-state index in [1.165, 1.54) is 30.5 Å². The van der Waals surface area contributed by atoms with E-state index in [4.69, 9.17) is 16.2 Å². The molecule has 0 bridgehead atoms. The molecule has 180 valence electrons. The quantitative estimate of drug-likeness (QED) is 0.550. The zero-order chi connectivity index (χ0) is 23.8. The third kappa shape index (κ3) is 7.97. The van der Waals surface area contributed by atoms with Gasteiger partial charge in [0.2, 0.25) is 0 Å². The van der Waals surface area contributed by atoms with E-state index in [1.807, 2.05) is 49.9 Å². The van der Waals surface area contributed by atoms with Gasteiger partial charge in [-0.25, -0.2) is 4.79 Å². The number of hydrogen-bond donors (Lipinski definition) is 3. The predicted molar refractivity (Wildman–Crippen MR) is 136 cm³/mol. The van der Waals surface area contributed by atoms with E-state index in [1.54, 1.807) is 0 Å². The van der Waals surface area contributed by atoms with Crippen LogP contribution >= 0.6 is 0 Å². The van der Waals surface area contributed by atoms with Crippen LogP contribution in [0.5, 0.6) is 0 Å². The van der Waals surface area contributed by atoms with E-state index >= 15 is 0 Å². The first-order valence-corrected chi connectivity index (χ1v) is 12.1. The normalized spacial score (nSPS) is 21.0. The highest BCUT2D eigenvalue weighted by atomic mass is 16.6. The number of nitrogens with one attached hydrogen (secondary N) is 1. The highest BCUT2D eigenvalue weighted by Gasteiger charge is 2.28. The maximum Gasteiger partial charge on any atom is 0.410 e. The van der Waals surface area contributed by atoms with Crippen molar-refractivity contribution in [3.8, 4) is 0 Å². The Hall–Kier alpha value is -2.73. The first-order valence-electron chi connectivity index (χ1n) is 12.1. The summed E-state index contributed by atoms with van der Waals surface area (Å²) < 4.78 is 5.45. The number of rotatable bonds is 2. The summed E-state index contributed by atoms with van der Waals surface area (Å²) in [5.74, 6) is 1.06. The minimum Gasteiger partial charge on any atom is -0.444 e. The first kappa shape index (κ1) is 24.9. The molecule has 0 unspecified atom stereocenters. The molecule has 0 radical (unpaired) electrons. The van der Waals surface area contributed by atoms with Crippen molar-refractivity contribution in [2.45, 2.75) is 63.9 Å². The van der Waals surface area contributed by atoms with Gasteiger partial charge in [-0.15, -0.1) is 0 Å². The smallest absolute Gasteiger partial charge is 0.410 e. The van der Waals surface area contributed by atoms with Crippen LogP contribution in [0.4, 0.5) is 16.2 Å². The largest absolute Gasteiger partial charge is 0.444 e. The lowest BCUT2D eigenvalue weighted by Crippen LogP contribution is -2.42. The van der Waals surface area contributed by atoms with Crippen molar-refractivity contribution < 1.29 is 9.53 Å². The van der Waals surface area contributed by atoms with Gasteiger partial charge in [-0.1, -0.05) is 24.3 Å². The molecule has 2 saturated heterocycles. The standard InChI is InChI=1S/C16H24N2O2.C11H16N2/c1-16(2,3)20-15(19)18-10-4-5-13(11-18)12-6-8-14(17)9-7-12;12-11-5-3-9(4-6-11)10-2-1-7-13-8-10/h6-9,13H,4-5,10-11,17H2,1-3H3;3-6,10,13H,1-2,7-8,12H2/t13-;10-/m11/s1. The monoisotopic (exact) mass is 452 g/mol. The predicted octanol–water partition coefficient (Wildman–Crippen LogP) is 5.12. The van der Waals surface area contributed by atoms with E-state index in [2.05, 4.69) is 29.6 Å². The van der Waals surface area contributed by atoms with Crippen LogP contribution < -0.4 is 16.8 Å². The molecule has 1 amide bonds. The molecule has 2 heterocycles. The lowest BCUT2D eigenvalue weighted by atomic mass is 9.91. The summed E-state index contributed by atoms with van der Waals surface area (Å²) in [7, 11) is 0. The van der Waals surface area contributed by atoms with Crippen LogP contribution in [-0.4, -0.2) is 42.8 Å². The van der Waals surface area contributed by atoms with Crippen molar-refractivity contribution in [3.05, 3.63) is 59.7 Å². The van der Waals surface area contributed by atoms with E-state index in [9.17, 15) is 4.79 Å². The molecule has 0 spiro atoms. The maximum atomic E-state index is 12.1. The van der Waals surface area contributed by atoms with Gasteiger partial charge in [0, 0.05) is 36.9 Å². The number of amides is 1. The van der Waals surface area contributed by atoms with E-state index in [0.29, 0.717) is 11.8 Å². The SMILES string of the molecule is CC(C)(C)OC(=O)N1CCC[C@@H](c2ccc(N)cc2)C1.Nc1ccc([C@@H]2CCCNC2)cc1. The molecule has 0 aliphatic carbocycles. The lowest BCUT2D eigenvalue weighted by Gasteiger charge is -2.34. The van der Waals surface area contributed by atoms with Gasteiger partial charge in [0.1, 0.15) is 5.60 Å². The van der Waals surface area contributed by atoms with Gasteiger partial charge in [-0.2, -0.15) is 0 Å². The Morgan fingerprint density at radius 1 is 0.909 bits per heavy atom. The Morgan fingerprint density at radius 2 is 1.45 bits per heavy atom. The number of piperidine rings is 2. The molecule has 0 aromatic heterocycles. The Bertz CT molecular complexity index is 868. The van der Waals surface area contributed by atoms with Crippen LogP contribution in [0, 0.1) is 0 Å². The molecule has 6 heteroatoms. The fourth-order valence-corrected chi connectivity index (χ4v) is 4.41. The Labute approximate surface area is 198 Å². The average Bonchev–Trinajstić information content (AvgIpc) is 2.80. The van der Waals surface area contributed by atoms with Gasteiger partial charge in [0.25, 0.3) is 0 Å². The third-order valence-corrected chi connectivity index (χ3v) is 6.19. The van der Waals surface area contributed by atoms with E-state index in [-0.39, 0.29) is 6.09 Å². The molecule has 4 rings (SSSR count). The minimum absolute atomic E-state index is 0.211. The molecule has 2 aromatic carbocycles. The number of carbonyl (C=O) groups is 1. The number of ether oxygens (including phenoxy) is 1. The van der Waals surface area contributed by atoms with Crippen molar-refractivity contribution in [1.82, 2.24) is 10.2 Å². The topological polar surface area (TPSA) is 93.6 Å². The molecular weight excluding hydrogens is 412 g/mol. The third-order valence-electron chi connectivity index (χ3n) is 6.19. The summed E-state index contributed by atoms with van der Waals surface area (Å²) in [6.07, 6.45) is 4.49. The number of benzene rings is 2. The summed E-state index contributed by atoms with van der Waals surface area (Å²) in [5.41, 5.74) is 15.2. The highest BCUT2D eigenvalue weighted by molar-refractivity contribution is 5.68. The summed E-state index contributed by atoms with van der Waals surface area (Å²) >= 11 is 0. The number of likely N-dealkylation sites (tertiary alicyclic amines) is 1. The molecule has 2 atom stereocenters. The zero-order valence-electron chi connectivity index (χ0n) is 20.3. The van der Waals surface area contributed by atoms with Crippen LogP contribution in [0.2, 0.25) is 0 Å². The average molecular weight is 453 g/mol. The second-order valence-corrected chi connectivity index (χ2v) is 10.1. The van der Waals surface area contributed by atoms with Crippen LogP contribution in [0.3, 0.4) is 0 Å². The number of hydrogen-bond acceptors (Lipinski definition) is 5. The van der Waals surface area contributed by atoms with Crippen LogP contribution in [0.25, 0.3) is 0 Å². The van der Waals surface area contributed by atoms with Gasteiger partial charge in [-0.05, 0) is 94.3 Å². The Morgan fingerprint density at radius 3 is 1.97 bits per heavy atom. The molecule has 2 aliphatic rings. The molecule has 0 saturated carbocycles. The van der Waals surface area contributed by atoms with E-state index in [0.717, 1.165) is 43.9 Å². The fraction of sp³-hybridized carbons (Fsp3) is 0.519. The van der Waals surface area contributed by atoms with Crippen LogP contribution in [0.15, 0.2) is 48.5 Å². The zero-order valence-corrected chi connectivity index (χ0v) is 20.3. The number of nitrogens with zero attached hydrogens (tertiary/aromatic N) is 1. The molecule has 33 heavy (non-hydrogen) atoms. The second-order valence-electron chi connectivity index (χ2n) is 10.1. The van der Waals surface area contributed by atoms with E-state index < -0.39 is 5.60 Å². The Balaban J connectivity index is 0.000000203. The van der Waals surface area contributed by atoms with Gasteiger partial charge >= 0.3 is 6.09 Å².